The predicted octanol–water partition coefficient (Wildman–Crippen LogP) is 1.32. The van der Waals surface area contributed by atoms with Crippen molar-refractivity contribution in [2.45, 2.75) is 53.1 Å². The van der Waals surface area contributed by atoms with Crippen LogP contribution in [0, 0.1) is 31.1 Å². The minimum Gasteiger partial charge on any atom is -0.393 e. The number of carbonyl (C=O) groups is 1. The second-order valence-corrected chi connectivity index (χ2v) is 6.12. The number of aliphatic hydroxyl groups excluding tert-OH is 1. The van der Waals surface area contributed by atoms with Gasteiger partial charge in [-0.2, -0.15) is 5.26 Å². The second-order valence-electron chi connectivity index (χ2n) is 6.12. The fourth-order valence-corrected chi connectivity index (χ4v) is 2.44. The number of pyridine rings is 1. The lowest BCUT2D eigenvalue weighted by Crippen LogP contribution is -2.29. The summed E-state index contributed by atoms with van der Waals surface area (Å²) in [6, 6.07) is 1.90. The first-order valence-electron chi connectivity index (χ1n) is 7.85. The van der Waals surface area contributed by atoms with Gasteiger partial charge in [0.1, 0.15) is 11.6 Å². The lowest BCUT2D eigenvalue weighted by Gasteiger charge is -2.15. The topological polar surface area (TPSA) is 106 Å². The van der Waals surface area contributed by atoms with Gasteiger partial charge in [0.2, 0.25) is 5.91 Å². The number of nitriles is 1. The maximum Gasteiger partial charge on any atom is 0.266 e. The third-order valence-electron chi connectivity index (χ3n) is 4.05. The Bertz CT molecular complexity index is 656. The molecule has 1 heterocycles. The molecule has 0 radical (unpaired) electrons. The molecule has 1 atom stereocenters. The van der Waals surface area contributed by atoms with Crippen LogP contribution in [0.15, 0.2) is 4.79 Å². The molecule has 0 aromatic carbocycles. The van der Waals surface area contributed by atoms with E-state index in [1.165, 1.54) is 0 Å². The van der Waals surface area contributed by atoms with E-state index in [4.69, 9.17) is 5.26 Å². The van der Waals surface area contributed by atoms with E-state index in [9.17, 15) is 14.7 Å². The third kappa shape index (κ3) is 5.22. The number of aliphatic hydroxyl groups is 1. The van der Waals surface area contributed by atoms with Crippen LogP contribution in [0.3, 0.4) is 0 Å². The monoisotopic (exact) mass is 319 g/mol. The van der Waals surface area contributed by atoms with Crippen LogP contribution in [0.4, 0.5) is 0 Å². The average Bonchev–Trinajstić information content (AvgIpc) is 2.46. The fourth-order valence-electron chi connectivity index (χ4n) is 2.44. The maximum absolute atomic E-state index is 11.9. The Hall–Kier alpha value is -2.13. The van der Waals surface area contributed by atoms with E-state index in [1.807, 2.05) is 19.9 Å². The summed E-state index contributed by atoms with van der Waals surface area (Å²) in [6.07, 6.45) is 0.841. The molecule has 6 heteroatoms. The minimum atomic E-state index is -0.419. The molecular formula is C17H25N3O3. The first-order valence-corrected chi connectivity index (χ1v) is 7.85. The van der Waals surface area contributed by atoms with Gasteiger partial charge in [-0.25, -0.2) is 0 Å². The summed E-state index contributed by atoms with van der Waals surface area (Å²) in [6.45, 7) is 7.79. The van der Waals surface area contributed by atoms with Crippen molar-refractivity contribution in [3.05, 3.63) is 32.7 Å². The number of rotatable bonds is 7. The van der Waals surface area contributed by atoms with Gasteiger partial charge in [-0.1, -0.05) is 13.8 Å². The van der Waals surface area contributed by atoms with Crippen LogP contribution < -0.4 is 10.9 Å². The number of hydrogen-bond donors (Lipinski definition) is 3. The van der Waals surface area contributed by atoms with Gasteiger partial charge in [-0.15, -0.1) is 0 Å². The quantitative estimate of drug-likeness (QED) is 0.704. The molecule has 0 saturated carbocycles. The zero-order chi connectivity index (χ0) is 17.6. The molecule has 0 spiro atoms. The summed E-state index contributed by atoms with van der Waals surface area (Å²) in [5.41, 5.74) is 1.87. The Kier molecular flexibility index (Phi) is 6.98. The number of carbonyl (C=O) groups excluding carboxylic acids is 1. The summed E-state index contributed by atoms with van der Waals surface area (Å²) < 4.78 is 0. The molecule has 6 nitrogen and oxygen atoms in total. The number of nitrogens with zero attached hydrogens (tertiary/aromatic N) is 1. The molecule has 126 valence electrons. The fraction of sp³-hybridized carbons (Fsp3) is 0.588. The highest BCUT2D eigenvalue weighted by Crippen LogP contribution is 2.14. The highest BCUT2D eigenvalue weighted by molar-refractivity contribution is 5.76. The first kappa shape index (κ1) is 18.9. The van der Waals surface area contributed by atoms with Crippen molar-refractivity contribution in [1.82, 2.24) is 10.3 Å². The van der Waals surface area contributed by atoms with Gasteiger partial charge in [0.05, 0.1) is 6.10 Å². The van der Waals surface area contributed by atoms with Crippen LogP contribution >= 0.6 is 0 Å². The molecule has 1 unspecified atom stereocenters. The van der Waals surface area contributed by atoms with Crippen LogP contribution in [-0.2, 0) is 11.2 Å². The van der Waals surface area contributed by atoms with Crippen molar-refractivity contribution in [2.24, 2.45) is 5.92 Å². The Morgan fingerprint density at radius 1 is 1.39 bits per heavy atom. The Morgan fingerprint density at radius 2 is 2.04 bits per heavy atom. The van der Waals surface area contributed by atoms with Crippen LogP contribution in [0.1, 0.15) is 49.1 Å². The van der Waals surface area contributed by atoms with Gasteiger partial charge in [-0.05, 0) is 43.7 Å². The number of aromatic nitrogens is 1. The van der Waals surface area contributed by atoms with E-state index in [0.29, 0.717) is 30.6 Å². The summed E-state index contributed by atoms with van der Waals surface area (Å²) in [5, 5.41) is 21.5. The number of nitrogens with one attached hydrogen (secondary N) is 2. The smallest absolute Gasteiger partial charge is 0.266 e. The van der Waals surface area contributed by atoms with Crippen molar-refractivity contribution in [3.8, 4) is 6.07 Å². The average molecular weight is 319 g/mol. The molecule has 0 aliphatic heterocycles. The van der Waals surface area contributed by atoms with Gasteiger partial charge in [0, 0.05) is 18.7 Å². The van der Waals surface area contributed by atoms with Crippen molar-refractivity contribution in [3.63, 3.8) is 0 Å². The predicted molar refractivity (Wildman–Crippen MR) is 88.0 cm³/mol. The van der Waals surface area contributed by atoms with Crippen molar-refractivity contribution >= 4 is 5.91 Å². The zero-order valence-electron chi connectivity index (χ0n) is 14.2. The largest absolute Gasteiger partial charge is 0.393 e. The SMILES string of the molecule is Cc1[nH]c(=O)c(C#N)c(C)c1CCC(=O)NCCC(O)C(C)C. The van der Waals surface area contributed by atoms with Gasteiger partial charge < -0.3 is 15.4 Å². The molecule has 0 saturated heterocycles. The van der Waals surface area contributed by atoms with Crippen molar-refractivity contribution in [2.75, 3.05) is 6.54 Å². The molecular weight excluding hydrogens is 294 g/mol. The molecule has 1 aromatic rings. The number of hydrogen-bond acceptors (Lipinski definition) is 4. The molecule has 1 amide bonds. The number of H-pyrrole nitrogens is 1. The number of aryl methyl sites for hydroxylation is 1. The highest BCUT2D eigenvalue weighted by atomic mass is 16.3. The Labute approximate surface area is 136 Å². The standard InChI is InChI=1S/C17H25N3O3/c1-10(2)15(21)7-8-19-16(22)6-5-13-11(3)14(9-18)17(23)20-12(13)4/h10,15,21H,5-8H2,1-4H3,(H,19,22)(H,20,23). The van der Waals surface area contributed by atoms with Crippen LogP contribution in [0.25, 0.3) is 0 Å². The summed E-state index contributed by atoms with van der Waals surface area (Å²) >= 11 is 0. The lowest BCUT2D eigenvalue weighted by atomic mass is 9.99. The zero-order valence-corrected chi connectivity index (χ0v) is 14.2. The number of amides is 1. The Balaban J connectivity index is 2.61. The normalized spacial score (nSPS) is 12.0. The van der Waals surface area contributed by atoms with Crippen molar-refractivity contribution in [1.29, 1.82) is 5.26 Å². The molecule has 1 aromatic heterocycles. The molecule has 23 heavy (non-hydrogen) atoms. The van der Waals surface area contributed by atoms with Crippen LogP contribution in [0.5, 0.6) is 0 Å². The molecule has 1 rings (SSSR count). The van der Waals surface area contributed by atoms with E-state index >= 15 is 0 Å². The molecule has 0 aliphatic carbocycles. The van der Waals surface area contributed by atoms with E-state index in [0.717, 1.165) is 5.56 Å². The second kappa shape index (κ2) is 8.49. The van der Waals surface area contributed by atoms with E-state index in [-0.39, 0.29) is 23.8 Å². The number of aromatic amines is 1. The molecule has 0 aliphatic rings. The maximum atomic E-state index is 11.9. The van der Waals surface area contributed by atoms with Crippen LogP contribution in [-0.4, -0.2) is 28.6 Å². The molecule has 0 bridgehead atoms. The Morgan fingerprint density at radius 3 is 2.61 bits per heavy atom. The van der Waals surface area contributed by atoms with Crippen molar-refractivity contribution < 1.29 is 9.90 Å². The van der Waals surface area contributed by atoms with Gasteiger partial charge in [0.25, 0.3) is 5.56 Å². The summed E-state index contributed by atoms with van der Waals surface area (Å²) in [5.74, 6) is 0.0622. The van der Waals surface area contributed by atoms with E-state index in [2.05, 4.69) is 10.3 Å². The van der Waals surface area contributed by atoms with Crippen LogP contribution in [0.2, 0.25) is 0 Å². The summed E-state index contributed by atoms with van der Waals surface area (Å²) in [7, 11) is 0. The van der Waals surface area contributed by atoms with E-state index < -0.39 is 11.7 Å². The summed E-state index contributed by atoms with van der Waals surface area (Å²) in [4.78, 5) is 26.2. The third-order valence-corrected chi connectivity index (χ3v) is 4.05. The molecule has 3 N–H and O–H groups in total. The first-order chi connectivity index (χ1) is 10.8. The van der Waals surface area contributed by atoms with E-state index in [1.54, 1.807) is 13.8 Å². The van der Waals surface area contributed by atoms with Gasteiger partial charge in [0.15, 0.2) is 0 Å². The van der Waals surface area contributed by atoms with Gasteiger partial charge in [-0.3, -0.25) is 9.59 Å². The highest BCUT2D eigenvalue weighted by Gasteiger charge is 2.14. The lowest BCUT2D eigenvalue weighted by molar-refractivity contribution is -0.121. The molecule has 0 fully saturated rings. The van der Waals surface area contributed by atoms with Gasteiger partial charge >= 0.3 is 0 Å². The minimum absolute atomic E-state index is 0.103.